The molecule has 0 saturated carbocycles. The van der Waals surface area contributed by atoms with E-state index < -0.39 is 89.6 Å². The number of aliphatic hydroxyl groups is 3. The Labute approximate surface area is 216 Å². The van der Waals surface area contributed by atoms with Gasteiger partial charge < -0.3 is 45.5 Å². The van der Waals surface area contributed by atoms with Crippen LogP contribution >= 0.6 is 0 Å². The predicted molar refractivity (Wildman–Crippen MR) is 127 cm³/mol. The minimum Gasteiger partial charge on any atom is -0.507 e. The van der Waals surface area contributed by atoms with Crippen LogP contribution in [-0.4, -0.2) is 87.2 Å². The number of phenolic OH excluding ortho intramolecular Hbond substituents is 2. The molecule has 202 valence electrons. The minimum atomic E-state index is -2.23. The number of methoxy groups -OCH3 is 1. The molecule has 0 bridgehead atoms. The zero-order valence-electron chi connectivity index (χ0n) is 20.3. The van der Waals surface area contributed by atoms with E-state index in [1.165, 1.54) is 25.3 Å². The smallest absolute Gasteiger partial charge is 0.202 e. The van der Waals surface area contributed by atoms with Crippen molar-refractivity contribution in [3.63, 3.8) is 0 Å². The van der Waals surface area contributed by atoms with Crippen LogP contribution in [0.4, 0.5) is 0 Å². The highest BCUT2D eigenvalue weighted by Gasteiger charge is 2.49. The second kappa shape index (κ2) is 9.42. The van der Waals surface area contributed by atoms with E-state index in [1.54, 1.807) is 0 Å². The van der Waals surface area contributed by atoms with Crippen LogP contribution in [0.5, 0.6) is 17.2 Å². The van der Waals surface area contributed by atoms with Gasteiger partial charge in [-0.1, -0.05) is 12.1 Å². The monoisotopic (exact) mass is 529 g/mol. The van der Waals surface area contributed by atoms with Gasteiger partial charge in [-0.2, -0.15) is 0 Å². The summed E-state index contributed by atoms with van der Waals surface area (Å²) < 4.78 is 16.7. The van der Waals surface area contributed by atoms with Gasteiger partial charge in [-0.15, -0.1) is 0 Å². The molecule has 12 nitrogen and oxygen atoms in total. The molecule has 38 heavy (non-hydrogen) atoms. The van der Waals surface area contributed by atoms with Crippen LogP contribution in [-0.2, 0) is 20.7 Å². The highest BCUT2D eigenvalue weighted by Crippen LogP contribution is 2.52. The summed E-state index contributed by atoms with van der Waals surface area (Å²) in [6, 6.07) is 3.66. The third-order valence-corrected chi connectivity index (χ3v) is 7.47. The number of carbonyl (C=O) groups excluding carboxylic acids is 3. The first-order valence-electron chi connectivity index (χ1n) is 12.0. The molecule has 1 saturated heterocycles. The Hall–Kier alpha value is -3.39. The van der Waals surface area contributed by atoms with Gasteiger partial charge in [0.2, 0.25) is 5.78 Å². The minimum absolute atomic E-state index is 0.0268. The lowest BCUT2D eigenvalue weighted by Crippen LogP contribution is -2.50. The van der Waals surface area contributed by atoms with Crippen LogP contribution in [0.3, 0.4) is 0 Å². The van der Waals surface area contributed by atoms with E-state index >= 15 is 0 Å². The number of benzene rings is 2. The Morgan fingerprint density at radius 3 is 2.53 bits per heavy atom. The van der Waals surface area contributed by atoms with Gasteiger partial charge in [0.1, 0.15) is 29.5 Å². The van der Waals surface area contributed by atoms with Crippen molar-refractivity contribution in [1.82, 2.24) is 0 Å². The van der Waals surface area contributed by atoms with Crippen LogP contribution < -0.4 is 10.5 Å². The summed E-state index contributed by atoms with van der Waals surface area (Å²) >= 11 is 0. The maximum Gasteiger partial charge on any atom is 0.202 e. The molecule has 2 aromatic rings. The molecule has 2 aromatic carbocycles. The van der Waals surface area contributed by atoms with E-state index in [4.69, 9.17) is 19.9 Å². The number of hydrogen-bond donors (Lipinski definition) is 6. The molecule has 3 aliphatic rings. The first-order valence-corrected chi connectivity index (χ1v) is 12.0. The first-order chi connectivity index (χ1) is 18.0. The van der Waals surface area contributed by atoms with Crippen LogP contribution in [0.2, 0.25) is 0 Å². The Kier molecular flexibility index (Phi) is 6.50. The lowest BCUT2D eigenvalue weighted by Gasteiger charge is -2.41. The van der Waals surface area contributed by atoms with E-state index in [2.05, 4.69) is 0 Å². The van der Waals surface area contributed by atoms with E-state index in [0.717, 1.165) is 0 Å². The van der Waals surface area contributed by atoms with Gasteiger partial charge in [-0.25, -0.2) is 0 Å². The van der Waals surface area contributed by atoms with Crippen LogP contribution in [0.1, 0.15) is 61.9 Å². The third-order valence-electron chi connectivity index (χ3n) is 7.47. The van der Waals surface area contributed by atoms with E-state index in [0.29, 0.717) is 0 Å². The molecule has 7 N–H and O–H groups in total. The third kappa shape index (κ3) is 3.88. The summed E-state index contributed by atoms with van der Waals surface area (Å²) in [5, 5.41) is 53.2. The largest absolute Gasteiger partial charge is 0.507 e. The summed E-state index contributed by atoms with van der Waals surface area (Å²) in [5.74, 6) is -3.77. The molecule has 5 rings (SSSR count). The summed E-state index contributed by atoms with van der Waals surface area (Å²) in [6.45, 7) is -1.17. The number of rotatable bonds is 5. The molecule has 2 aliphatic carbocycles. The molecule has 0 aromatic heterocycles. The fraction of sp³-hybridized carbons (Fsp3) is 0.423. The van der Waals surface area contributed by atoms with Gasteiger partial charge in [0.25, 0.3) is 0 Å². The molecule has 12 heteroatoms. The van der Waals surface area contributed by atoms with Gasteiger partial charge in [0, 0.05) is 42.0 Å². The van der Waals surface area contributed by atoms with Crippen molar-refractivity contribution < 1.29 is 54.1 Å². The highest BCUT2D eigenvalue weighted by molar-refractivity contribution is 6.31. The van der Waals surface area contributed by atoms with Crippen molar-refractivity contribution in [2.75, 3.05) is 20.3 Å². The fourth-order valence-electron chi connectivity index (χ4n) is 5.45. The standard InChI is InChI=1S/C26H27NO11/c1-36-14-4-2-3-10-18(14)24(33)21-20(22(10)31)23(32)11-6-26(35,16(30)8-28)7-15(19(11)25(21)34)38-17-5-12(27)13(29)9-37-17/h2-4,12-13,15,17,28-29,32,34-35H,5-9,27H2,1H3/t12-,13+,15-,17?,26-/m0/s1. The van der Waals surface area contributed by atoms with Crippen LogP contribution in [0, 0.1) is 0 Å². The summed E-state index contributed by atoms with van der Waals surface area (Å²) in [4.78, 5) is 39.6. The second-order valence-electron chi connectivity index (χ2n) is 9.73. The molecular formula is C26H27NO11. The fourth-order valence-corrected chi connectivity index (χ4v) is 5.45. The number of hydrogen-bond acceptors (Lipinski definition) is 12. The molecule has 1 aliphatic heterocycles. The molecule has 1 fully saturated rings. The van der Waals surface area contributed by atoms with E-state index in [9.17, 15) is 39.9 Å². The summed E-state index contributed by atoms with van der Waals surface area (Å²) in [6.07, 6.45) is -4.31. The zero-order chi connectivity index (χ0) is 27.5. The number of nitrogens with two attached hydrogens (primary N) is 1. The van der Waals surface area contributed by atoms with Crippen molar-refractivity contribution in [2.45, 2.75) is 49.4 Å². The first kappa shape index (κ1) is 26.2. The molecule has 0 radical (unpaired) electrons. The van der Waals surface area contributed by atoms with Crippen molar-refractivity contribution in [3.05, 3.63) is 51.6 Å². The Bertz CT molecular complexity index is 1360. The van der Waals surface area contributed by atoms with Crippen LogP contribution in [0.15, 0.2) is 18.2 Å². The molecule has 5 atom stereocenters. The average Bonchev–Trinajstić information content (AvgIpc) is 2.90. The maximum atomic E-state index is 13.6. The van der Waals surface area contributed by atoms with Gasteiger partial charge >= 0.3 is 0 Å². The summed E-state index contributed by atoms with van der Waals surface area (Å²) in [5.41, 5.74) is 2.30. The van der Waals surface area contributed by atoms with Gasteiger partial charge in [0.05, 0.1) is 42.6 Å². The van der Waals surface area contributed by atoms with Gasteiger partial charge in [-0.05, 0) is 6.07 Å². The van der Waals surface area contributed by atoms with Crippen molar-refractivity contribution in [2.24, 2.45) is 5.73 Å². The Balaban J connectivity index is 1.69. The van der Waals surface area contributed by atoms with Gasteiger partial charge in [0.15, 0.2) is 17.9 Å². The number of aliphatic hydroxyl groups excluding tert-OH is 2. The van der Waals surface area contributed by atoms with Crippen molar-refractivity contribution in [3.8, 4) is 17.2 Å². The summed E-state index contributed by atoms with van der Waals surface area (Å²) in [7, 11) is 1.32. The lowest BCUT2D eigenvalue weighted by atomic mass is 9.72. The van der Waals surface area contributed by atoms with E-state index in [1.807, 2.05) is 0 Å². The van der Waals surface area contributed by atoms with Crippen molar-refractivity contribution in [1.29, 1.82) is 0 Å². The second-order valence-corrected chi connectivity index (χ2v) is 9.73. The zero-order valence-corrected chi connectivity index (χ0v) is 20.3. The molecule has 0 amide bonds. The molecule has 1 unspecified atom stereocenters. The van der Waals surface area contributed by atoms with Crippen molar-refractivity contribution >= 4 is 17.3 Å². The SMILES string of the molecule is COc1cccc2c1C(=O)c1c(O)c3c(c(O)c1C2=O)C[C@@](O)(C(=O)CO)C[C@@H]3OC1C[C@H](N)[C@H](O)CO1. The Morgan fingerprint density at radius 2 is 1.87 bits per heavy atom. The predicted octanol–water partition coefficient (Wildman–Crippen LogP) is -0.387. The van der Waals surface area contributed by atoms with E-state index in [-0.39, 0.29) is 41.0 Å². The topological polar surface area (TPSA) is 206 Å². The number of fused-ring (bicyclic) bond motifs is 3. The average molecular weight is 529 g/mol. The lowest BCUT2D eigenvalue weighted by molar-refractivity contribution is -0.223. The number of carbonyl (C=O) groups is 3. The molecule has 0 spiro atoms. The number of ether oxygens (including phenoxy) is 3. The van der Waals surface area contributed by atoms with Crippen LogP contribution in [0.25, 0.3) is 0 Å². The molecular weight excluding hydrogens is 502 g/mol. The number of aromatic hydroxyl groups is 2. The highest BCUT2D eigenvalue weighted by atomic mass is 16.7. The normalized spacial score (nSPS) is 28.3. The maximum absolute atomic E-state index is 13.6. The molecule has 1 heterocycles. The Morgan fingerprint density at radius 1 is 1.16 bits per heavy atom. The number of phenols is 2. The number of Topliss-reactive ketones (excluding diaryl/α,β-unsaturated/α-hetero) is 1. The van der Waals surface area contributed by atoms with Gasteiger partial charge in [-0.3, -0.25) is 14.4 Å². The quantitative estimate of drug-likeness (QED) is 0.234. The number of ketones is 3.